The summed E-state index contributed by atoms with van der Waals surface area (Å²) in [6.45, 7) is 0.623. The third-order valence-electron chi connectivity index (χ3n) is 4.80. The number of nitrogens with one attached hydrogen (secondary N) is 1. The second kappa shape index (κ2) is 10.8. The highest BCUT2D eigenvalue weighted by molar-refractivity contribution is 9.10. The van der Waals surface area contributed by atoms with Crippen molar-refractivity contribution in [3.8, 4) is 0 Å². The minimum absolute atomic E-state index is 0.0649. The Morgan fingerprint density at radius 2 is 1.75 bits per heavy atom. The first kappa shape index (κ1) is 23.4. The molecule has 3 aromatic rings. The summed E-state index contributed by atoms with van der Waals surface area (Å²) in [6.07, 6.45) is 3.21. The highest BCUT2D eigenvalue weighted by atomic mass is 79.9. The molecule has 0 saturated heterocycles. The molecular formula is C25H22BrFN2O3. The quantitative estimate of drug-likeness (QED) is 0.333. The molecule has 32 heavy (non-hydrogen) atoms. The molecule has 0 bridgehead atoms. The van der Waals surface area contributed by atoms with Crippen LogP contribution in [0.4, 0.5) is 15.8 Å². The number of anilines is 2. The van der Waals surface area contributed by atoms with E-state index >= 15 is 0 Å². The first-order valence-electron chi connectivity index (χ1n) is 9.88. The molecule has 0 aliphatic heterocycles. The highest BCUT2D eigenvalue weighted by Gasteiger charge is 2.12. The van der Waals surface area contributed by atoms with E-state index < -0.39 is 11.7 Å². The maximum absolute atomic E-state index is 13.9. The van der Waals surface area contributed by atoms with E-state index in [0.29, 0.717) is 22.3 Å². The van der Waals surface area contributed by atoms with Gasteiger partial charge in [0.2, 0.25) is 0 Å². The Hall–Kier alpha value is -3.29. The van der Waals surface area contributed by atoms with Crippen LogP contribution in [0.2, 0.25) is 0 Å². The van der Waals surface area contributed by atoms with Crippen molar-refractivity contribution in [2.75, 3.05) is 30.4 Å². The molecular weight excluding hydrogens is 475 g/mol. The molecule has 0 aliphatic rings. The van der Waals surface area contributed by atoms with Crippen LogP contribution in [0.3, 0.4) is 0 Å². The van der Waals surface area contributed by atoms with E-state index in [1.54, 1.807) is 36.4 Å². The van der Waals surface area contributed by atoms with Gasteiger partial charge in [-0.1, -0.05) is 34.1 Å². The van der Waals surface area contributed by atoms with Gasteiger partial charge in [-0.3, -0.25) is 9.59 Å². The van der Waals surface area contributed by atoms with Crippen LogP contribution in [-0.4, -0.2) is 37.0 Å². The predicted octanol–water partition coefficient (Wildman–Crippen LogP) is 5.17. The zero-order chi connectivity index (χ0) is 23.1. The lowest BCUT2D eigenvalue weighted by molar-refractivity contribution is 0.102. The van der Waals surface area contributed by atoms with Gasteiger partial charge < -0.3 is 15.3 Å². The Labute approximate surface area is 194 Å². The van der Waals surface area contributed by atoms with Gasteiger partial charge in [0.25, 0.3) is 5.91 Å². The lowest BCUT2D eigenvalue weighted by Gasteiger charge is -2.17. The summed E-state index contributed by atoms with van der Waals surface area (Å²) in [7, 11) is 1.89. The summed E-state index contributed by atoms with van der Waals surface area (Å²) in [5.41, 5.74) is 2.71. The summed E-state index contributed by atoms with van der Waals surface area (Å²) in [6, 6.07) is 18.3. The van der Waals surface area contributed by atoms with Crippen LogP contribution in [0, 0.1) is 5.82 Å². The molecule has 0 radical (unpaired) electrons. The molecule has 2 N–H and O–H groups in total. The van der Waals surface area contributed by atoms with Gasteiger partial charge in [-0.25, -0.2) is 4.39 Å². The topological polar surface area (TPSA) is 69.6 Å². The molecule has 7 heteroatoms. The third kappa shape index (κ3) is 6.12. The van der Waals surface area contributed by atoms with Gasteiger partial charge >= 0.3 is 0 Å². The standard InChI is InChI=1S/C25H22BrFN2O3/c1-29(14-15-30)21-10-2-17(3-11-21)4-13-24(31)18-5-8-20(9-6-18)28-25(32)22-12-7-19(26)16-23(22)27/h2-13,16,30H,14-15H2,1H3,(H,28,32)/b13-4+. The molecule has 3 rings (SSSR count). The minimum atomic E-state index is -0.623. The number of hydrogen-bond donors (Lipinski definition) is 2. The molecule has 0 spiro atoms. The van der Waals surface area contributed by atoms with Gasteiger partial charge in [0.15, 0.2) is 5.78 Å². The van der Waals surface area contributed by atoms with E-state index in [4.69, 9.17) is 5.11 Å². The van der Waals surface area contributed by atoms with Gasteiger partial charge in [-0.2, -0.15) is 0 Å². The SMILES string of the molecule is CN(CCO)c1ccc(/C=C/C(=O)c2ccc(NC(=O)c3ccc(Br)cc3F)cc2)cc1. The van der Waals surface area contributed by atoms with Crippen LogP contribution < -0.4 is 10.2 Å². The molecule has 164 valence electrons. The monoisotopic (exact) mass is 496 g/mol. The zero-order valence-electron chi connectivity index (χ0n) is 17.4. The molecule has 0 unspecified atom stereocenters. The first-order valence-corrected chi connectivity index (χ1v) is 10.7. The number of amides is 1. The third-order valence-corrected chi connectivity index (χ3v) is 5.29. The number of carbonyl (C=O) groups is 2. The van der Waals surface area contributed by atoms with Crippen molar-refractivity contribution < 1.29 is 19.1 Å². The number of nitrogens with zero attached hydrogens (tertiary/aromatic N) is 1. The maximum atomic E-state index is 13.9. The minimum Gasteiger partial charge on any atom is -0.395 e. The van der Waals surface area contributed by atoms with Gasteiger partial charge in [-0.05, 0) is 66.2 Å². The Morgan fingerprint density at radius 3 is 2.38 bits per heavy atom. The maximum Gasteiger partial charge on any atom is 0.258 e. The van der Waals surface area contributed by atoms with Crippen molar-refractivity contribution >= 4 is 45.1 Å². The predicted molar refractivity (Wildman–Crippen MR) is 129 cm³/mol. The molecule has 3 aromatic carbocycles. The molecule has 5 nitrogen and oxygen atoms in total. The summed E-state index contributed by atoms with van der Waals surface area (Å²) >= 11 is 3.16. The van der Waals surface area contributed by atoms with Crippen LogP contribution in [0.5, 0.6) is 0 Å². The average Bonchev–Trinajstić information content (AvgIpc) is 2.78. The van der Waals surface area contributed by atoms with E-state index in [9.17, 15) is 14.0 Å². The van der Waals surface area contributed by atoms with Crippen molar-refractivity contribution in [2.45, 2.75) is 0 Å². The van der Waals surface area contributed by atoms with Crippen molar-refractivity contribution in [3.05, 3.63) is 99.8 Å². The van der Waals surface area contributed by atoms with Crippen LogP contribution in [0.1, 0.15) is 26.3 Å². The van der Waals surface area contributed by atoms with E-state index in [2.05, 4.69) is 21.2 Å². The van der Waals surface area contributed by atoms with Crippen molar-refractivity contribution in [3.63, 3.8) is 0 Å². The van der Waals surface area contributed by atoms with E-state index in [1.165, 1.54) is 18.2 Å². The summed E-state index contributed by atoms with van der Waals surface area (Å²) in [5.74, 6) is -1.37. The number of allylic oxidation sites excluding steroid dienone is 1. The number of ketones is 1. The molecule has 0 atom stereocenters. The van der Waals surface area contributed by atoms with Crippen LogP contribution in [0.25, 0.3) is 6.08 Å². The number of likely N-dealkylation sites (N-methyl/N-ethyl adjacent to an activating group) is 1. The molecule has 0 saturated carbocycles. The summed E-state index contributed by atoms with van der Waals surface area (Å²) < 4.78 is 14.5. The zero-order valence-corrected chi connectivity index (χ0v) is 19.0. The van der Waals surface area contributed by atoms with E-state index in [-0.39, 0.29) is 18.0 Å². The summed E-state index contributed by atoms with van der Waals surface area (Å²) in [5, 5.41) is 11.6. The smallest absolute Gasteiger partial charge is 0.258 e. The fourth-order valence-corrected chi connectivity index (χ4v) is 3.31. The first-order chi connectivity index (χ1) is 15.4. The summed E-state index contributed by atoms with van der Waals surface area (Å²) in [4.78, 5) is 26.6. The number of hydrogen-bond acceptors (Lipinski definition) is 4. The Morgan fingerprint density at radius 1 is 1.06 bits per heavy atom. The van der Waals surface area contributed by atoms with E-state index in [1.807, 2.05) is 36.2 Å². The Bertz CT molecular complexity index is 1130. The number of rotatable bonds is 8. The molecule has 0 aromatic heterocycles. The number of carbonyl (C=O) groups excluding carboxylic acids is 2. The molecule has 1 amide bonds. The second-order valence-electron chi connectivity index (χ2n) is 7.09. The average molecular weight is 497 g/mol. The van der Waals surface area contributed by atoms with E-state index in [0.717, 1.165) is 11.3 Å². The molecule has 0 heterocycles. The fraction of sp³-hybridized carbons (Fsp3) is 0.120. The van der Waals surface area contributed by atoms with Gasteiger partial charge in [0.1, 0.15) is 5.82 Å². The lowest BCUT2D eigenvalue weighted by atomic mass is 10.1. The Balaban J connectivity index is 1.61. The Kier molecular flexibility index (Phi) is 7.92. The lowest BCUT2D eigenvalue weighted by Crippen LogP contribution is -2.20. The van der Waals surface area contributed by atoms with Crippen molar-refractivity contribution in [2.24, 2.45) is 0 Å². The fourth-order valence-electron chi connectivity index (χ4n) is 2.98. The molecule has 0 fully saturated rings. The van der Waals surface area contributed by atoms with Crippen LogP contribution in [-0.2, 0) is 0 Å². The number of aliphatic hydroxyl groups excluding tert-OH is 1. The normalized spacial score (nSPS) is 10.9. The van der Waals surface area contributed by atoms with Gasteiger partial charge in [0, 0.05) is 35.0 Å². The number of aliphatic hydroxyl groups is 1. The number of halogens is 2. The molecule has 0 aliphatic carbocycles. The van der Waals surface area contributed by atoms with Crippen LogP contribution >= 0.6 is 15.9 Å². The highest BCUT2D eigenvalue weighted by Crippen LogP contribution is 2.18. The second-order valence-corrected chi connectivity index (χ2v) is 8.01. The van der Waals surface area contributed by atoms with Gasteiger partial charge in [-0.15, -0.1) is 0 Å². The largest absolute Gasteiger partial charge is 0.395 e. The van der Waals surface area contributed by atoms with Crippen LogP contribution in [0.15, 0.2) is 77.3 Å². The van der Waals surface area contributed by atoms with Gasteiger partial charge in [0.05, 0.1) is 12.2 Å². The van der Waals surface area contributed by atoms with Crippen molar-refractivity contribution in [1.82, 2.24) is 0 Å². The van der Waals surface area contributed by atoms with Crippen molar-refractivity contribution in [1.29, 1.82) is 0 Å². The number of benzene rings is 3.